The lowest BCUT2D eigenvalue weighted by Gasteiger charge is -2.63. The highest BCUT2D eigenvalue weighted by Crippen LogP contribution is 2.68. The molecule has 67 heavy (non-hydrogen) atoms. The number of ether oxygens (including phenoxy) is 4. The van der Waals surface area contributed by atoms with Crippen molar-refractivity contribution in [1.29, 1.82) is 0 Å². The maximum atomic E-state index is 15.5. The smallest absolute Gasteiger partial charge is 0.344 e. The minimum Gasteiger partial charge on any atom is -0.496 e. The molecule has 3 aromatic rings. The van der Waals surface area contributed by atoms with E-state index in [2.05, 4.69) is 27.8 Å². The van der Waals surface area contributed by atoms with Crippen molar-refractivity contribution in [3.05, 3.63) is 82.6 Å². The molecule has 11 atom stereocenters. The summed E-state index contributed by atoms with van der Waals surface area (Å²) in [6, 6.07) is 10.3. The standard InChI is InChI=1S/C45H54N4O8.C4H6O6/c1-8-27-19-28-22-44(40(51)55-6,36-30(25-48(23-27)24-28)29-13-10-11-14-33(29)46-36)32-20-31-34(21-35(32)54-5)47(4)38-43(31)16-18-49-17-12-15-42(9-2,37(43)49)39(57-26(3)50)45(38,53)41(52)56-7;5-1(3(7)8)2(6)4(9)10/h10-15,19-21,28,37-39,46,53H,8-9,16-18,22-25H2,1-7H3;1-2,5-6H,(H,7,8)(H,9,10)/t28?,37-,38+,39+,42+,43+,44+,45-;/m0./s1/i6D3;. The number of hydrogen-bond donors (Lipinski definition) is 6. The van der Waals surface area contributed by atoms with Gasteiger partial charge in [-0.05, 0) is 61.4 Å². The first-order chi connectivity index (χ1) is 33.0. The van der Waals surface area contributed by atoms with Gasteiger partial charge in [0.15, 0.2) is 18.3 Å². The first kappa shape index (κ1) is 43.8. The van der Waals surface area contributed by atoms with E-state index in [1.807, 2.05) is 67.4 Å². The van der Waals surface area contributed by atoms with Gasteiger partial charge >= 0.3 is 29.8 Å². The van der Waals surface area contributed by atoms with Crippen molar-refractivity contribution >= 4 is 46.4 Å². The van der Waals surface area contributed by atoms with Crippen LogP contribution in [0.1, 0.15) is 73.0 Å². The van der Waals surface area contributed by atoms with Gasteiger partial charge in [-0.2, -0.15) is 0 Å². The number of carbonyl (C=O) groups excluding carboxylic acids is 3. The van der Waals surface area contributed by atoms with Crippen molar-refractivity contribution in [3.8, 4) is 5.75 Å². The monoisotopic (exact) mass is 931 g/mol. The number of nitrogens with one attached hydrogen (secondary N) is 1. The summed E-state index contributed by atoms with van der Waals surface area (Å²) in [5, 5.41) is 46.8. The molecule has 2 bridgehead atoms. The van der Waals surface area contributed by atoms with E-state index < -0.39 is 83.1 Å². The number of anilines is 1. The first-order valence-corrected chi connectivity index (χ1v) is 22.4. The number of aromatic nitrogens is 1. The number of methoxy groups -OCH3 is 3. The Bertz CT molecular complexity index is 2670. The van der Waals surface area contributed by atoms with Crippen LogP contribution in [0.5, 0.6) is 5.75 Å². The molecule has 1 spiro atoms. The number of carbonyl (C=O) groups is 5. The number of aliphatic hydroxyl groups excluding tert-OH is 2. The average Bonchev–Trinajstić information content (AvgIpc) is 3.97. The zero-order valence-corrected chi connectivity index (χ0v) is 38.3. The van der Waals surface area contributed by atoms with Crippen LogP contribution >= 0.6 is 0 Å². The Morgan fingerprint density at radius 2 is 1.69 bits per heavy atom. The normalized spacial score (nSPS) is 32.9. The number of hydrogen-bond acceptors (Lipinski definition) is 15. The summed E-state index contributed by atoms with van der Waals surface area (Å²) < 4.78 is 48.3. The molecule has 1 aromatic heterocycles. The van der Waals surface area contributed by atoms with Crippen LogP contribution in [0.2, 0.25) is 0 Å². The van der Waals surface area contributed by atoms with E-state index in [1.54, 1.807) is 0 Å². The molecule has 4 unspecified atom stereocenters. The van der Waals surface area contributed by atoms with Crippen LogP contribution < -0.4 is 9.64 Å². The Balaban J connectivity index is 0.000000595. The molecule has 5 aliphatic heterocycles. The van der Waals surface area contributed by atoms with Gasteiger partial charge in [0.25, 0.3) is 0 Å². The topological polar surface area (TPSA) is 249 Å². The Labute approximate surface area is 391 Å². The van der Waals surface area contributed by atoms with E-state index >= 15 is 4.79 Å². The highest BCUT2D eigenvalue weighted by Gasteiger charge is 2.80. The molecule has 18 nitrogen and oxygen atoms in total. The van der Waals surface area contributed by atoms with Crippen LogP contribution in [0.25, 0.3) is 10.9 Å². The predicted molar refractivity (Wildman–Crippen MR) is 241 cm³/mol. The number of rotatable bonds is 10. The highest BCUT2D eigenvalue weighted by molar-refractivity contribution is 5.95. The van der Waals surface area contributed by atoms with Crippen molar-refractivity contribution in [2.75, 3.05) is 59.4 Å². The molecule has 6 aliphatic rings. The Morgan fingerprint density at radius 3 is 2.31 bits per heavy atom. The average molecular weight is 932 g/mol. The molecule has 1 saturated heterocycles. The van der Waals surface area contributed by atoms with Gasteiger partial charge < -0.3 is 54.4 Å². The summed E-state index contributed by atoms with van der Waals surface area (Å²) in [4.78, 5) is 72.6. The van der Waals surface area contributed by atoms with E-state index in [0.29, 0.717) is 61.7 Å². The zero-order valence-electron chi connectivity index (χ0n) is 41.3. The molecule has 360 valence electrons. The summed E-state index contributed by atoms with van der Waals surface area (Å²) >= 11 is 0. The van der Waals surface area contributed by atoms with Gasteiger partial charge in [0.05, 0.1) is 31.4 Å². The van der Waals surface area contributed by atoms with Crippen LogP contribution in [0, 0.1) is 11.3 Å². The number of para-hydroxylation sites is 1. The highest BCUT2D eigenvalue weighted by atomic mass is 16.6. The SMILES string of the molecule is O=C(O)C(O)C(O)C(=O)O.[2H]C([2H])([2H])OC(=O)[C@@]1(c2cc3c(cc2OC)N(C)[C@H]2[C@@](O)(C(=O)OC)[C@H](OC(C)=O)[C@]4(CC)C=CCN5CC[C@]32[C@@H]54)CC2C=C(CC)CN(Cc3c1[nH]c1ccccc31)C2. The lowest BCUT2D eigenvalue weighted by Crippen LogP contribution is -2.81. The third kappa shape index (κ3) is 6.88. The van der Waals surface area contributed by atoms with Crippen molar-refractivity contribution in [1.82, 2.24) is 14.8 Å². The van der Waals surface area contributed by atoms with Crippen LogP contribution in [-0.4, -0.2) is 161 Å². The Morgan fingerprint density at radius 1 is 0.970 bits per heavy atom. The van der Waals surface area contributed by atoms with Crippen molar-refractivity contribution in [3.63, 3.8) is 0 Å². The number of fused-ring (bicyclic) bond motifs is 6. The van der Waals surface area contributed by atoms with Gasteiger partial charge in [0.1, 0.15) is 11.2 Å². The number of aliphatic hydroxyl groups is 3. The molecular weight excluding hydrogens is 869 g/mol. The number of benzene rings is 2. The van der Waals surface area contributed by atoms with E-state index in [9.17, 15) is 24.3 Å². The van der Waals surface area contributed by atoms with Crippen molar-refractivity contribution in [2.24, 2.45) is 11.3 Å². The van der Waals surface area contributed by atoms with Gasteiger partial charge in [-0.1, -0.05) is 55.8 Å². The van der Waals surface area contributed by atoms with Gasteiger partial charge in [-0.3, -0.25) is 19.4 Å². The second kappa shape index (κ2) is 17.4. The summed E-state index contributed by atoms with van der Waals surface area (Å²) in [5.74, 6) is -5.89. The fourth-order valence-corrected chi connectivity index (χ4v) is 13.0. The number of likely N-dealkylation sites (N-methyl/N-ethyl adjacent to an activating group) is 1. The number of esters is 3. The quantitative estimate of drug-likeness (QED) is 0.0972. The van der Waals surface area contributed by atoms with Crippen LogP contribution in [0.15, 0.2) is 60.2 Å². The maximum absolute atomic E-state index is 15.5. The minimum atomic E-state index is -3.07. The summed E-state index contributed by atoms with van der Waals surface area (Å²) in [7, 11) is 1.49. The van der Waals surface area contributed by atoms with E-state index in [0.717, 1.165) is 35.0 Å². The number of carboxylic acids is 2. The Kier molecular flexibility index (Phi) is 11.4. The third-order valence-electron chi connectivity index (χ3n) is 15.5. The Hall–Kier alpha value is -5.79. The van der Waals surface area contributed by atoms with Crippen LogP contribution in [0.3, 0.4) is 0 Å². The van der Waals surface area contributed by atoms with Gasteiger partial charge in [-0.15, -0.1) is 0 Å². The molecule has 18 heteroatoms. The molecule has 1 saturated carbocycles. The fraction of sp³-hybridized carbons (Fsp3) is 0.531. The minimum absolute atomic E-state index is 0.168. The summed E-state index contributed by atoms with van der Waals surface area (Å²) in [6.07, 6.45) is 2.32. The van der Waals surface area contributed by atoms with Crippen molar-refractivity contribution < 1.29 is 72.6 Å². The number of carboxylic acid groups (broad SMARTS) is 2. The molecule has 0 amide bonds. The van der Waals surface area contributed by atoms with Crippen LogP contribution in [-0.2, 0) is 55.6 Å². The van der Waals surface area contributed by atoms with Crippen molar-refractivity contribution in [2.45, 2.75) is 99.8 Å². The van der Waals surface area contributed by atoms with E-state index in [4.69, 9.17) is 43.5 Å². The summed E-state index contributed by atoms with van der Waals surface area (Å²) in [5.41, 5.74) is -0.837. The van der Waals surface area contributed by atoms with E-state index in [1.165, 1.54) is 26.7 Å². The number of aromatic amines is 1. The van der Waals surface area contributed by atoms with Gasteiger partial charge in [0.2, 0.25) is 5.60 Å². The molecule has 1 aliphatic carbocycles. The number of nitrogens with zero attached hydrogens (tertiary/aromatic N) is 3. The second-order valence-electron chi connectivity index (χ2n) is 18.6. The maximum Gasteiger partial charge on any atom is 0.344 e. The molecule has 6 heterocycles. The number of aliphatic carboxylic acids is 2. The zero-order chi connectivity index (χ0) is 51.0. The molecular formula is C49H60N4O14. The lowest BCUT2D eigenvalue weighted by atomic mass is 9.47. The molecule has 0 radical (unpaired) electrons. The van der Waals surface area contributed by atoms with E-state index in [-0.39, 0.29) is 18.4 Å². The fourth-order valence-electron chi connectivity index (χ4n) is 13.0. The summed E-state index contributed by atoms with van der Waals surface area (Å²) in [6.45, 7) is 8.50. The first-order valence-electron chi connectivity index (χ1n) is 23.9. The molecule has 2 aromatic carbocycles. The predicted octanol–water partition coefficient (Wildman–Crippen LogP) is 2.63. The second-order valence-corrected chi connectivity index (χ2v) is 18.6. The molecule has 6 N–H and O–H groups in total. The largest absolute Gasteiger partial charge is 0.496 e. The van der Waals surface area contributed by atoms with Gasteiger partial charge in [0, 0.05) is 90.9 Å². The van der Waals surface area contributed by atoms with Crippen LogP contribution in [0.4, 0.5) is 5.69 Å². The number of H-pyrrole nitrogens is 1. The molecule has 2 fully saturated rings. The van der Waals surface area contributed by atoms with Gasteiger partial charge in [-0.25, -0.2) is 14.4 Å². The third-order valence-corrected chi connectivity index (χ3v) is 15.5. The molecule has 9 rings (SSSR count). The lowest BCUT2D eigenvalue weighted by molar-refractivity contribution is -0.228.